The van der Waals surface area contributed by atoms with E-state index in [1.807, 2.05) is 30.3 Å². The number of hydrogen-bond acceptors (Lipinski definition) is 2. The van der Waals surface area contributed by atoms with Gasteiger partial charge >= 0.3 is 5.97 Å². The number of benzene rings is 1. The van der Waals surface area contributed by atoms with E-state index < -0.39 is 12.0 Å². The molecule has 0 bridgehead atoms. The van der Waals surface area contributed by atoms with Gasteiger partial charge in [0.2, 0.25) is 5.91 Å². The van der Waals surface area contributed by atoms with Gasteiger partial charge in [-0.3, -0.25) is 4.79 Å². The Morgan fingerprint density at radius 1 is 1.26 bits per heavy atom. The third-order valence-corrected chi connectivity index (χ3v) is 3.21. The topological polar surface area (TPSA) is 66.4 Å². The Morgan fingerprint density at radius 2 is 1.89 bits per heavy atom. The van der Waals surface area contributed by atoms with Crippen LogP contribution in [0.15, 0.2) is 30.3 Å². The molecule has 2 atom stereocenters. The molecular formula is C15H21NO3. The van der Waals surface area contributed by atoms with Crippen molar-refractivity contribution in [3.05, 3.63) is 35.9 Å². The van der Waals surface area contributed by atoms with Crippen LogP contribution in [-0.2, 0) is 9.59 Å². The van der Waals surface area contributed by atoms with Crippen molar-refractivity contribution >= 4 is 11.9 Å². The summed E-state index contributed by atoms with van der Waals surface area (Å²) in [5.41, 5.74) is 1.19. The van der Waals surface area contributed by atoms with Crippen molar-refractivity contribution in [2.24, 2.45) is 0 Å². The molecule has 104 valence electrons. The van der Waals surface area contributed by atoms with Crippen LogP contribution in [0.2, 0.25) is 0 Å². The minimum absolute atomic E-state index is 0.197. The Hall–Kier alpha value is -1.84. The maximum absolute atomic E-state index is 11.7. The Kier molecular flexibility index (Phi) is 6.06. The molecule has 0 aliphatic heterocycles. The molecule has 19 heavy (non-hydrogen) atoms. The van der Waals surface area contributed by atoms with Crippen molar-refractivity contribution < 1.29 is 14.7 Å². The number of nitrogens with one attached hydrogen (secondary N) is 1. The summed E-state index contributed by atoms with van der Waals surface area (Å²) in [5.74, 6) is -0.888. The highest BCUT2D eigenvalue weighted by Crippen LogP contribution is 2.19. The monoisotopic (exact) mass is 263 g/mol. The smallest absolute Gasteiger partial charge is 0.326 e. The van der Waals surface area contributed by atoms with Gasteiger partial charge in [-0.1, -0.05) is 44.2 Å². The number of carboxylic acids is 1. The Morgan fingerprint density at radius 3 is 2.42 bits per heavy atom. The summed E-state index contributed by atoms with van der Waals surface area (Å²) in [6.07, 6.45) is 1.46. The fraction of sp³-hybridized carbons (Fsp3) is 0.467. The molecule has 2 N–H and O–H groups in total. The molecule has 0 aliphatic carbocycles. The number of aliphatic carboxylic acids is 1. The van der Waals surface area contributed by atoms with Gasteiger partial charge in [0.05, 0.1) is 0 Å². The molecule has 2 unspecified atom stereocenters. The number of carbonyl (C=O) groups is 2. The maximum atomic E-state index is 11.7. The zero-order chi connectivity index (χ0) is 14.3. The highest BCUT2D eigenvalue weighted by atomic mass is 16.4. The molecule has 1 amide bonds. The van der Waals surface area contributed by atoms with E-state index in [0.29, 0.717) is 19.3 Å². The lowest BCUT2D eigenvalue weighted by atomic mass is 9.96. The molecule has 4 nitrogen and oxygen atoms in total. The molecule has 1 aromatic rings. The summed E-state index contributed by atoms with van der Waals surface area (Å²) >= 11 is 0. The largest absolute Gasteiger partial charge is 0.480 e. The predicted octanol–water partition coefficient (Wildman–Crippen LogP) is 2.55. The Bertz CT molecular complexity index is 417. The summed E-state index contributed by atoms with van der Waals surface area (Å²) < 4.78 is 0. The second-order valence-corrected chi connectivity index (χ2v) is 4.72. The predicted molar refractivity (Wildman–Crippen MR) is 73.9 cm³/mol. The Labute approximate surface area is 113 Å². The van der Waals surface area contributed by atoms with Gasteiger partial charge < -0.3 is 10.4 Å². The first-order valence-corrected chi connectivity index (χ1v) is 6.61. The molecule has 0 heterocycles. The number of carboxylic acid groups (broad SMARTS) is 1. The van der Waals surface area contributed by atoms with Crippen LogP contribution in [-0.4, -0.2) is 23.0 Å². The quantitative estimate of drug-likeness (QED) is 0.794. The molecular weight excluding hydrogens is 242 g/mol. The van der Waals surface area contributed by atoms with Crippen LogP contribution < -0.4 is 5.32 Å². The van der Waals surface area contributed by atoms with Crippen LogP contribution in [0.4, 0.5) is 0 Å². The second-order valence-electron chi connectivity index (χ2n) is 4.72. The maximum Gasteiger partial charge on any atom is 0.326 e. The van der Waals surface area contributed by atoms with E-state index in [-0.39, 0.29) is 11.8 Å². The number of amides is 1. The SMILES string of the molecule is CCC(NC(=O)CCC(C)c1ccccc1)C(=O)O. The second kappa shape index (κ2) is 7.56. The van der Waals surface area contributed by atoms with E-state index in [1.165, 1.54) is 5.56 Å². The molecule has 0 radical (unpaired) electrons. The molecule has 0 fully saturated rings. The zero-order valence-corrected chi connectivity index (χ0v) is 11.4. The van der Waals surface area contributed by atoms with Crippen LogP contribution in [0.1, 0.15) is 44.6 Å². The van der Waals surface area contributed by atoms with Gasteiger partial charge in [-0.15, -0.1) is 0 Å². The summed E-state index contributed by atoms with van der Waals surface area (Å²) in [7, 11) is 0. The first kappa shape index (κ1) is 15.2. The fourth-order valence-electron chi connectivity index (χ4n) is 1.90. The highest BCUT2D eigenvalue weighted by molar-refractivity contribution is 5.83. The fourth-order valence-corrected chi connectivity index (χ4v) is 1.90. The van der Waals surface area contributed by atoms with Crippen LogP contribution in [0, 0.1) is 0 Å². The van der Waals surface area contributed by atoms with Crippen LogP contribution in [0.5, 0.6) is 0 Å². The van der Waals surface area contributed by atoms with E-state index >= 15 is 0 Å². The minimum atomic E-state index is -0.980. The van der Waals surface area contributed by atoms with Gasteiger partial charge in [0.25, 0.3) is 0 Å². The molecule has 4 heteroatoms. The number of carbonyl (C=O) groups excluding carboxylic acids is 1. The molecule has 0 aromatic heterocycles. The standard InChI is InChI=1S/C15H21NO3/c1-3-13(15(18)19)16-14(17)10-9-11(2)12-7-5-4-6-8-12/h4-8,11,13H,3,9-10H2,1-2H3,(H,16,17)(H,18,19). The van der Waals surface area contributed by atoms with Crippen molar-refractivity contribution in [3.63, 3.8) is 0 Å². The molecule has 1 aromatic carbocycles. The molecule has 0 saturated carbocycles. The van der Waals surface area contributed by atoms with E-state index in [0.717, 1.165) is 0 Å². The van der Waals surface area contributed by atoms with Gasteiger partial charge in [0, 0.05) is 6.42 Å². The molecule has 1 rings (SSSR count). The highest BCUT2D eigenvalue weighted by Gasteiger charge is 2.17. The Balaban J connectivity index is 2.40. The third-order valence-electron chi connectivity index (χ3n) is 3.21. The van der Waals surface area contributed by atoms with Crippen LogP contribution in [0.25, 0.3) is 0 Å². The zero-order valence-electron chi connectivity index (χ0n) is 11.4. The van der Waals surface area contributed by atoms with Crippen LogP contribution in [0.3, 0.4) is 0 Å². The van der Waals surface area contributed by atoms with E-state index in [4.69, 9.17) is 5.11 Å². The normalized spacial score (nSPS) is 13.6. The average molecular weight is 263 g/mol. The number of hydrogen-bond donors (Lipinski definition) is 2. The van der Waals surface area contributed by atoms with Crippen molar-refractivity contribution in [3.8, 4) is 0 Å². The summed E-state index contributed by atoms with van der Waals surface area (Å²) in [6.45, 7) is 3.81. The summed E-state index contributed by atoms with van der Waals surface area (Å²) in [4.78, 5) is 22.5. The van der Waals surface area contributed by atoms with Crippen molar-refractivity contribution in [2.75, 3.05) is 0 Å². The average Bonchev–Trinajstić information content (AvgIpc) is 2.42. The van der Waals surface area contributed by atoms with E-state index in [9.17, 15) is 9.59 Å². The third kappa shape index (κ3) is 5.12. The van der Waals surface area contributed by atoms with Crippen LogP contribution >= 0.6 is 0 Å². The van der Waals surface area contributed by atoms with Crippen molar-refractivity contribution in [2.45, 2.75) is 45.1 Å². The van der Waals surface area contributed by atoms with Gasteiger partial charge in [0.1, 0.15) is 6.04 Å². The van der Waals surface area contributed by atoms with E-state index in [1.54, 1.807) is 6.92 Å². The first-order chi connectivity index (χ1) is 9.04. The minimum Gasteiger partial charge on any atom is -0.480 e. The first-order valence-electron chi connectivity index (χ1n) is 6.61. The van der Waals surface area contributed by atoms with Gasteiger partial charge in [-0.25, -0.2) is 4.79 Å². The molecule has 0 saturated heterocycles. The van der Waals surface area contributed by atoms with Crippen molar-refractivity contribution in [1.82, 2.24) is 5.32 Å². The molecule has 0 spiro atoms. The van der Waals surface area contributed by atoms with Gasteiger partial charge in [0.15, 0.2) is 0 Å². The summed E-state index contributed by atoms with van der Waals surface area (Å²) in [5, 5.41) is 11.4. The van der Waals surface area contributed by atoms with Crippen molar-refractivity contribution in [1.29, 1.82) is 0 Å². The lowest BCUT2D eigenvalue weighted by molar-refractivity contribution is -0.141. The molecule has 0 aliphatic rings. The summed E-state index contributed by atoms with van der Waals surface area (Å²) in [6, 6.07) is 9.21. The van der Waals surface area contributed by atoms with Gasteiger partial charge in [-0.2, -0.15) is 0 Å². The van der Waals surface area contributed by atoms with E-state index in [2.05, 4.69) is 12.2 Å². The lowest BCUT2D eigenvalue weighted by Crippen LogP contribution is -2.40. The van der Waals surface area contributed by atoms with Gasteiger partial charge in [-0.05, 0) is 24.3 Å². The lowest BCUT2D eigenvalue weighted by Gasteiger charge is -2.14. The number of rotatable bonds is 7.